The van der Waals surface area contributed by atoms with E-state index >= 15 is 0 Å². The van der Waals surface area contributed by atoms with Crippen LogP contribution in [0.2, 0.25) is 0 Å². The number of amides is 1. The van der Waals surface area contributed by atoms with Crippen LogP contribution in [-0.4, -0.2) is 33.1 Å². The van der Waals surface area contributed by atoms with E-state index in [-0.39, 0.29) is 12.5 Å². The van der Waals surface area contributed by atoms with Gasteiger partial charge in [-0.3, -0.25) is 4.79 Å². The highest BCUT2D eigenvalue weighted by Crippen LogP contribution is 2.41. The van der Waals surface area contributed by atoms with E-state index in [1.165, 1.54) is 38.2 Å². The maximum absolute atomic E-state index is 12.6. The molecule has 2 heterocycles. The molecule has 9 nitrogen and oxygen atoms in total. The zero-order chi connectivity index (χ0) is 25.0. The number of H-pyrrole nitrogens is 1. The van der Waals surface area contributed by atoms with E-state index in [0.717, 1.165) is 17.7 Å². The number of carbonyl (C=O) groups excluding carboxylic acids is 1. The summed E-state index contributed by atoms with van der Waals surface area (Å²) in [6, 6.07) is 12.9. The summed E-state index contributed by atoms with van der Waals surface area (Å²) in [5.41, 5.74) is 1.38. The van der Waals surface area contributed by atoms with Gasteiger partial charge in [0.1, 0.15) is 12.4 Å². The minimum Gasteiger partial charge on any atom is -0.485 e. The molecule has 1 atom stereocenters. The fraction of sp³-hybridized carbons (Fsp3) is 0.333. The Bertz CT molecular complexity index is 1160. The van der Waals surface area contributed by atoms with Crippen LogP contribution in [0.5, 0.6) is 17.2 Å². The third-order valence-electron chi connectivity index (χ3n) is 5.64. The number of ether oxygens (including phenoxy) is 3. The average molecular weight is 490 g/mol. The van der Waals surface area contributed by atoms with Crippen molar-refractivity contribution in [3.63, 3.8) is 0 Å². The number of allylic oxidation sites excluding steroid dienone is 1. The average Bonchev–Trinajstić information content (AvgIpc) is 3.45. The van der Waals surface area contributed by atoms with Crippen molar-refractivity contribution in [1.29, 1.82) is 0 Å². The molecule has 9 heteroatoms. The zero-order valence-corrected chi connectivity index (χ0v) is 20.4. The first-order valence-electron chi connectivity index (χ1n) is 12.3. The zero-order valence-electron chi connectivity index (χ0n) is 20.4. The van der Waals surface area contributed by atoms with E-state index in [9.17, 15) is 4.79 Å². The normalized spacial score (nSPS) is 14.9. The van der Waals surface area contributed by atoms with Gasteiger partial charge in [-0.2, -0.15) is 0 Å². The number of hydrogen-bond acceptors (Lipinski definition) is 7. The Balaban J connectivity index is 1.27. The molecule has 36 heavy (non-hydrogen) atoms. The number of aromatic amines is 1. The van der Waals surface area contributed by atoms with Crippen LogP contribution >= 0.6 is 0 Å². The van der Waals surface area contributed by atoms with E-state index in [2.05, 4.69) is 38.9 Å². The number of nitrogens with zero attached hydrogens (tertiary/aromatic N) is 3. The third-order valence-corrected chi connectivity index (χ3v) is 5.64. The minimum absolute atomic E-state index is 0.260. The number of anilines is 1. The monoisotopic (exact) mass is 489 g/mol. The van der Waals surface area contributed by atoms with Gasteiger partial charge in [0, 0.05) is 6.08 Å². The van der Waals surface area contributed by atoms with Crippen LogP contribution in [0.3, 0.4) is 0 Å². The van der Waals surface area contributed by atoms with Crippen molar-refractivity contribution in [3.8, 4) is 17.2 Å². The largest absolute Gasteiger partial charge is 0.485 e. The van der Waals surface area contributed by atoms with Gasteiger partial charge in [-0.05, 0) is 65.2 Å². The Morgan fingerprint density at radius 3 is 2.83 bits per heavy atom. The van der Waals surface area contributed by atoms with Gasteiger partial charge < -0.3 is 19.5 Å². The van der Waals surface area contributed by atoms with Gasteiger partial charge in [-0.1, -0.05) is 50.8 Å². The highest BCUT2D eigenvalue weighted by Gasteiger charge is 2.27. The van der Waals surface area contributed by atoms with Crippen LogP contribution in [0.15, 0.2) is 60.9 Å². The number of benzene rings is 2. The number of carbonyl (C=O) groups is 1. The molecule has 2 N–H and O–H groups in total. The lowest BCUT2D eigenvalue weighted by Crippen LogP contribution is -2.24. The first-order chi connectivity index (χ1) is 17.7. The molecule has 1 amide bonds. The Labute approximate surface area is 210 Å². The van der Waals surface area contributed by atoms with Gasteiger partial charge in [0.05, 0.1) is 11.9 Å². The van der Waals surface area contributed by atoms with Crippen molar-refractivity contribution in [2.45, 2.75) is 51.6 Å². The first-order valence-corrected chi connectivity index (χ1v) is 12.3. The molecule has 0 aliphatic carbocycles. The summed E-state index contributed by atoms with van der Waals surface area (Å²) in [5, 5.41) is 16.5. The van der Waals surface area contributed by atoms with Crippen LogP contribution in [0.4, 0.5) is 5.69 Å². The van der Waals surface area contributed by atoms with E-state index in [4.69, 9.17) is 14.2 Å². The van der Waals surface area contributed by atoms with Gasteiger partial charge >= 0.3 is 0 Å². The molecule has 0 spiro atoms. The summed E-state index contributed by atoms with van der Waals surface area (Å²) >= 11 is 0. The number of fused-ring (bicyclic) bond motifs is 1. The Kier molecular flexibility index (Phi) is 9.07. The van der Waals surface area contributed by atoms with Crippen molar-refractivity contribution in [3.05, 3.63) is 72.3 Å². The standard InChI is InChI=1S/C27H31N5O4/c1-2-3-4-5-6-7-8-18-34-21-15-12-20(13-16-21)14-17-25(33)28-22-10-9-11-23-26(22)36-24(19-35-23)27-29-31-32-30-27/h8-18,24H,2-7,19H2,1H3,(H,28,33)(H,29,30,31,32)/b17-14+,18-8+. The summed E-state index contributed by atoms with van der Waals surface area (Å²) in [4.78, 5) is 12.6. The van der Waals surface area contributed by atoms with Crippen molar-refractivity contribution < 1.29 is 19.0 Å². The van der Waals surface area contributed by atoms with E-state index in [0.29, 0.717) is 23.0 Å². The molecule has 0 bridgehead atoms. The SMILES string of the molecule is CCCCCCC/C=C/Oc1ccc(/C=C/C(=O)Nc2cccc3c2OC(c2nnn[nH]2)CO3)cc1. The molecule has 1 aliphatic heterocycles. The van der Waals surface area contributed by atoms with Gasteiger partial charge in [-0.25, -0.2) is 5.10 Å². The lowest BCUT2D eigenvalue weighted by atomic mass is 10.1. The molecule has 188 valence electrons. The number of nitrogens with one attached hydrogen (secondary N) is 2. The van der Waals surface area contributed by atoms with Crippen molar-refractivity contribution >= 4 is 17.7 Å². The molecule has 3 aromatic rings. The molecular weight excluding hydrogens is 458 g/mol. The van der Waals surface area contributed by atoms with Gasteiger partial charge in [-0.15, -0.1) is 5.10 Å². The molecule has 1 aromatic heterocycles. The molecule has 2 aromatic carbocycles. The third kappa shape index (κ3) is 7.18. The van der Waals surface area contributed by atoms with Crippen LogP contribution in [0.25, 0.3) is 6.08 Å². The summed E-state index contributed by atoms with van der Waals surface area (Å²) < 4.78 is 17.4. The smallest absolute Gasteiger partial charge is 0.248 e. The number of tetrazole rings is 1. The van der Waals surface area contributed by atoms with Crippen molar-refractivity contribution in [2.24, 2.45) is 0 Å². The van der Waals surface area contributed by atoms with Crippen LogP contribution in [0, 0.1) is 0 Å². The van der Waals surface area contributed by atoms with Crippen LogP contribution < -0.4 is 19.5 Å². The number of aromatic nitrogens is 4. The first kappa shape index (κ1) is 25.0. The van der Waals surface area contributed by atoms with E-state index in [1.54, 1.807) is 30.5 Å². The second-order valence-corrected chi connectivity index (χ2v) is 8.42. The predicted octanol–water partition coefficient (Wildman–Crippen LogP) is 5.62. The summed E-state index contributed by atoms with van der Waals surface area (Å²) in [7, 11) is 0. The van der Waals surface area contributed by atoms with Gasteiger partial charge in [0.2, 0.25) is 5.91 Å². The molecule has 1 aliphatic rings. The maximum atomic E-state index is 12.6. The minimum atomic E-state index is -0.498. The summed E-state index contributed by atoms with van der Waals surface area (Å²) in [5.74, 6) is 1.89. The lowest BCUT2D eigenvalue weighted by molar-refractivity contribution is -0.111. The molecule has 0 fully saturated rings. The Hall–Kier alpha value is -4.14. The van der Waals surface area contributed by atoms with Crippen LogP contribution in [-0.2, 0) is 4.79 Å². The number of rotatable bonds is 12. The number of para-hydroxylation sites is 1. The maximum Gasteiger partial charge on any atom is 0.248 e. The molecule has 4 rings (SSSR count). The summed E-state index contributed by atoms with van der Waals surface area (Å²) in [6.45, 7) is 2.48. The van der Waals surface area contributed by atoms with Gasteiger partial charge in [0.15, 0.2) is 23.4 Å². The fourth-order valence-electron chi connectivity index (χ4n) is 3.69. The Morgan fingerprint density at radius 1 is 1.17 bits per heavy atom. The highest BCUT2D eigenvalue weighted by molar-refractivity contribution is 6.03. The molecule has 0 saturated heterocycles. The van der Waals surface area contributed by atoms with Crippen molar-refractivity contribution in [1.82, 2.24) is 20.6 Å². The van der Waals surface area contributed by atoms with E-state index < -0.39 is 6.10 Å². The number of unbranched alkanes of at least 4 members (excludes halogenated alkanes) is 5. The second kappa shape index (κ2) is 13.1. The van der Waals surface area contributed by atoms with E-state index in [1.807, 2.05) is 24.3 Å². The molecule has 0 radical (unpaired) electrons. The topological polar surface area (TPSA) is 111 Å². The second-order valence-electron chi connectivity index (χ2n) is 8.42. The molecule has 1 unspecified atom stereocenters. The molecule has 0 saturated carbocycles. The van der Waals surface area contributed by atoms with Crippen molar-refractivity contribution in [2.75, 3.05) is 11.9 Å². The van der Waals surface area contributed by atoms with Gasteiger partial charge in [0.25, 0.3) is 0 Å². The Morgan fingerprint density at radius 2 is 2.03 bits per heavy atom. The fourth-order valence-corrected chi connectivity index (χ4v) is 3.69. The number of hydrogen-bond donors (Lipinski definition) is 2. The quantitative estimate of drug-likeness (QED) is 0.193. The lowest BCUT2D eigenvalue weighted by Gasteiger charge is -2.26. The predicted molar refractivity (Wildman–Crippen MR) is 137 cm³/mol. The summed E-state index contributed by atoms with van der Waals surface area (Å²) in [6.07, 6.45) is 13.9. The van der Waals surface area contributed by atoms with Crippen LogP contribution in [0.1, 0.15) is 62.9 Å². The molecular formula is C27H31N5O4. The highest BCUT2D eigenvalue weighted by atomic mass is 16.6.